The number of hydrogen-bond acceptors (Lipinski definition) is 3. The molecule has 16 heavy (non-hydrogen) atoms. The molecule has 84 valence electrons. The van der Waals surface area contributed by atoms with Gasteiger partial charge in [0.1, 0.15) is 12.4 Å². The number of rotatable bonds is 1. The van der Waals surface area contributed by atoms with Gasteiger partial charge in [0.2, 0.25) is 0 Å². The molecule has 3 aliphatic heterocycles. The van der Waals surface area contributed by atoms with Crippen LogP contribution in [0.5, 0.6) is 0 Å². The summed E-state index contributed by atoms with van der Waals surface area (Å²) in [7, 11) is 0. The number of hydrogen-bond donors (Lipinski definition) is 1. The summed E-state index contributed by atoms with van der Waals surface area (Å²) in [5.41, 5.74) is 1.92. The standard InChI is InChI=1S/C12H15N3O/c16-15(9-6-13-10-15)12-5-3-8-14-7-2-1-4-11(12)14/h1-5,7,13H,6,8-10H2. The van der Waals surface area contributed by atoms with Crippen LogP contribution < -0.4 is 5.32 Å². The molecule has 0 aromatic carbocycles. The number of hydroxylamine groups is 3. The molecule has 3 rings (SSSR count). The van der Waals surface area contributed by atoms with Gasteiger partial charge < -0.3 is 14.8 Å². The normalized spacial score (nSPS) is 32.4. The van der Waals surface area contributed by atoms with E-state index in [9.17, 15) is 5.21 Å². The second-order valence-corrected chi connectivity index (χ2v) is 4.30. The van der Waals surface area contributed by atoms with Gasteiger partial charge in [0.25, 0.3) is 0 Å². The predicted octanol–water partition coefficient (Wildman–Crippen LogP) is 1.03. The molecule has 0 saturated carbocycles. The van der Waals surface area contributed by atoms with Gasteiger partial charge in [-0.05, 0) is 18.2 Å². The van der Waals surface area contributed by atoms with Crippen LogP contribution in [0.25, 0.3) is 0 Å². The number of fused-ring (bicyclic) bond motifs is 1. The van der Waals surface area contributed by atoms with Crippen LogP contribution in [0.15, 0.2) is 48.0 Å². The summed E-state index contributed by atoms with van der Waals surface area (Å²) in [5.74, 6) is 0. The van der Waals surface area contributed by atoms with E-state index in [2.05, 4.69) is 16.3 Å². The van der Waals surface area contributed by atoms with E-state index in [4.69, 9.17) is 0 Å². The van der Waals surface area contributed by atoms with Crippen molar-refractivity contribution in [1.82, 2.24) is 10.2 Å². The molecule has 1 unspecified atom stereocenters. The minimum absolute atomic E-state index is 0.249. The van der Waals surface area contributed by atoms with E-state index in [0.717, 1.165) is 24.5 Å². The Balaban J connectivity index is 2.04. The number of quaternary nitrogens is 1. The third-order valence-corrected chi connectivity index (χ3v) is 3.24. The summed E-state index contributed by atoms with van der Waals surface area (Å²) in [6.07, 6.45) is 12.1. The average Bonchev–Trinajstić information content (AvgIpc) is 2.77. The molecule has 1 saturated heterocycles. The second kappa shape index (κ2) is 3.59. The summed E-state index contributed by atoms with van der Waals surface area (Å²) in [6, 6.07) is 0. The van der Waals surface area contributed by atoms with E-state index in [1.807, 2.05) is 30.5 Å². The van der Waals surface area contributed by atoms with Crippen LogP contribution >= 0.6 is 0 Å². The largest absolute Gasteiger partial charge is 0.626 e. The molecule has 0 radical (unpaired) electrons. The van der Waals surface area contributed by atoms with Crippen molar-refractivity contribution in [1.29, 1.82) is 0 Å². The number of allylic oxidation sites excluding steroid dienone is 4. The van der Waals surface area contributed by atoms with Gasteiger partial charge in [-0.3, -0.25) is 5.32 Å². The molecule has 4 nitrogen and oxygen atoms in total. The Kier molecular flexibility index (Phi) is 2.21. The molecule has 1 fully saturated rings. The van der Waals surface area contributed by atoms with Crippen LogP contribution in [0.1, 0.15) is 0 Å². The molecule has 1 N–H and O–H groups in total. The Labute approximate surface area is 95.0 Å². The highest BCUT2D eigenvalue weighted by Crippen LogP contribution is 2.29. The quantitative estimate of drug-likeness (QED) is 0.526. The third-order valence-electron chi connectivity index (χ3n) is 3.24. The van der Waals surface area contributed by atoms with E-state index < -0.39 is 0 Å². The average molecular weight is 217 g/mol. The van der Waals surface area contributed by atoms with Crippen molar-refractivity contribution >= 4 is 0 Å². The summed E-state index contributed by atoms with van der Waals surface area (Å²) < 4.78 is -0.249. The van der Waals surface area contributed by atoms with Crippen molar-refractivity contribution in [2.75, 3.05) is 26.3 Å². The van der Waals surface area contributed by atoms with Gasteiger partial charge in [0.05, 0.1) is 13.1 Å². The van der Waals surface area contributed by atoms with Crippen molar-refractivity contribution in [3.05, 3.63) is 53.2 Å². The van der Waals surface area contributed by atoms with Crippen LogP contribution in [0.3, 0.4) is 0 Å². The van der Waals surface area contributed by atoms with Gasteiger partial charge >= 0.3 is 0 Å². The smallest absolute Gasteiger partial charge is 0.157 e. The minimum Gasteiger partial charge on any atom is -0.626 e. The zero-order valence-electron chi connectivity index (χ0n) is 9.10. The lowest BCUT2D eigenvalue weighted by atomic mass is 10.1. The molecule has 1 atom stereocenters. The van der Waals surface area contributed by atoms with Crippen molar-refractivity contribution < 1.29 is 4.65 Å². The molecule has 0 aromatic heterocycles. The Morgan fingerprint density at radius 2 is 2.25 bits per heavy atom. The monoisotopic (exact) mass is 217 g/mol. The van der Waals surface area contributed by atoms with Crippen molar-refractivity contribution in [3.8, 4) is 0 Å². The molecule has 4 heteroatoms. The molecule has 0 amide bonds. The van der Waals surface area contributed by atoms with E-state index in [0.29, 0.717) is 13.2 Å². The molecule has 3 heterocycles. The van der Waals surface area contributed by atoms with Gasteiger partial charge in [0.15, 0.2) is 5.70 Å². The molecular formula is C12H15N3O. The summed E-state index contributed by atoms with van der Waals surface area (Å²) >= 11 is 0. The highest BCUT2D eigenvalue weighted by molar-refractivity contribution is 5.37. The minimum atomic E-state index is -0.249. The zero-order chi connectivity index (χ0) is 11.0. The molecule has 0 aromatic rings. The van der Waals surface area contributed by atoms with Crippen LogP contribution in [0.4, 0.5) is 0 Å². The first kappa shape index (κ1) is 9.84. The first-order valence-electron chi connectivity index (χ1n) is 5.61. The lowest BCUT2D eigenvalue weighted by Gasteiger charge is -2.41. The predicted molar refractivity (Wildman–Crippen MR) is 62.5 cm³/mol. The summed E-state index contributed by atoms with van der Waals surface area (Å²) in [4.78, 5) is 2.12. The van der Waals surface area contributed by atoms with E-state index >= 15 is 0 Å². The van der Waals surface area contributed by atoms with Gasteiger partial charge in [-0.15, -0.1) is 0 Å². The van der Waals surface area contributed by atoms with E-state index in [1.54, 1.807) is 0 Å². The van der Waals surface area contributed by atoms with Gasteiger partial charge in [-0.25, -0.2) is 0 Å². The molecule has 0 bridgehead atoms. The van der Waals surface area contributed by atoms with Gasteiger partial charge in [-0.1, -0.05) is 12.2 Å². The fraction of sp³-hybridized carbons (Fsp3) is 0.333. The zero-order valence-corrected chi connectivity index (χ0v) is 9.10. The first-order valence-corrected chi connectivity index (χ1v) is 5.61. The number of nitrogens with zero attached hydrogens (tertiary/aromatic N) is 2. The van der Waals surface area contributed by atoms with Crippen molar-refractivity contribution in [3.63, 3.8) is 0 Å². The maximum atomic E-state index is 12.6. The lowest BCUT2D eigenvalue weighted by molar-refractivity contribution is -0.827. The van der Waals surface area contributed by atoms with Crippen LogP contribution in [-0.4, -0.2) is 35.8 Å². The topological polar surface area (TPSA) is 38.3 Å². The third kappa shape index (κ3) is 1.43. The Hall–Kier alpha value is -1.36. The van der Waals surface area contributed by atoms with Crippen LogP contribution in [0.2, 0.25) is 0 Å². The molecular weight excluding hydrogens is 202 g/mol. The Morgan fingerprint density at radius 1 is 1.31 bits per heavy atom. The van der Waals surface area contributed by atoms with Crippen molar-refractivity contribution in [2.45, 2.75) is 0 Å². The fourth-order valence-electron chi connectivity index (χ4n) is 2.38. The van der Waals surface area contributed by atoms with Gasteiger partial charge in [-0.2, -0.15) is 0 Å². The van der Waals surface area contributed by atoms with Crippen molar-refractivity contribution in [2.24, 2.45) is 0 Å². The molecule has 3 aliphatic rings. The number of nitrogens with one attached hydrogen (secondary N) is 1. The summed E-state index contributed by atoms with van der Waals surface area (Å²) in [6.45, 7) is 2.75. The highest BCUT2D eigenvalue weighted by Gasteiger charge is 2.31. The molecule has 0 aliphatic carbocycles. The van der Waals surface area contributed by atoms with Crippen LogP contribution in [-0.2, 0) is 0 Å². The maximum absolute atomic E-state index is 12.6. The lowest BCUT2D eigenvalue weighted by Crippen LogP contribution is -2.42. The van der Waals surface area contributed by atoms with Crippen LogP contribution in [0, 0.1) is 5.21 Å². The Bertz CT molecular complexity index is 414. The SMILES string of the molecule is [O-][N+]1(C2=C3C=CC=CN3CC=C2)CCNC1. The van der Waals surface area contributed by atoms with Gasteiger partial charge in [0, 0.05) is 12.7 Å². The molecule has 0 spiro atoms. The first-order chi connectivity index (χ1) is 7.80. The maximum Gasteiger partial charge on any atom is 0.157 e. The van der Waals surface area contributed by atoms with E-state index in [1.165, 1.54) is 0 Å². The van der Waals surface area contributed by atoms with E-state index in [-0.39, 0.29) is 4.65 Å². The second-order valence-electron chi connectivity index (χ2n) is 4.30. The highest BCUT2D eigenvalue weighted by atomic mass is 16.6. The fourth-order valence-corrected chi connectivity index (χ4v) is 2.38. The Morgan fingerprint density at radius 3 is 3.06 bits per heavy atom. The summed E-state index contributed by atoms with van der Waals surface area (Å²) in [5, 5.41) is 15.7.